The molecule has 1 unspecified atom stereocenters. The van der Waals surface area contributed by atoms with Gasteiger partial charge in [-0.25, -0.2) is 0 Å². The van der Waals surface area contributed by atoms with E-state index in [4.69, 9.17) is 5.73 Å². The number of carbonyl (C=O) groups is 1. The van der Waals surface area contributed by atoms with Crippen LogP contribution in [0.5, 0.6) is 0 Å². The molecule has 0 aromatic heterocycles. The third-order valence-electron chi connectivity index (χ3n) is 2.51. The van der Waals surface area contributed by atoms with Crippen LogP contribution in [0, 0.1) is 0 Å². The van der Waals surface area contributed by atoms with Crippen molar-refractivity contribution in [3.05, 3.63) is 35.4 Å². The van der Waals surface area contributed by atoms with Gasteiger partial charge < -0.3 is 16.2 Å². The Morgan fingerprint density at radius 2 is 1.89 bits per heavy atom. The summed E-state index contributed by atoms with van der Waals surface area (Å²) in [6.07, 6.45) is -5.18. The summed E-state index contributed by atoms with van der Waals surface area (Å²) in [6.45, 7) is 0.450. The fourth-order valence-corrected chi connectivity index (χ4v) is 1.46. The maximum atomic E-state index is 12.3. The molecule has 0 radical (unpaired) electrons. The number of rotatable bonds is 6. The zero-order valence-electron chi connectivity index (χ0n) is 10.1. The van der Waals surface area contributed by atoms with Crippen molar-refractivity contribution >= 4 is 5.91 Å². The highest BCUT2D eigenvalue weighted by atomic mass is 19.4. The van der Waals surface area contributed by atoms with E-state index in [2.05, 4.69) is 5.32 Å². The highest BCUT2D eigenvalue weighted by molar-refractivity contribution is 5.73. The molecule has 0 saturated carbocycles. The number of amides is 1. The van der Waals surface area contributed by atoms with Crippen molar-refractivity contribution in [2.75, 3.05) is 13.1 Å². The molecule has 1 aromatic carbocycles. The number of hydrogen-bond donors (Lipinski definition) is 3. The quantitative estimate of drug-likeness (QED) is 0.683. The third-order valence-corrected chi connectivity index (χ3v) is 2.51. The van der Waals surface area contributed by atoms with E-state index in [1.54, 1.807) is 0 Å². The van der Waals surface area contributed by atoms with Gasteiger partial charge in [0.15, 0.2) is 0 Å². The standard InChI is InChI=1S/C12H15F3N2O2/c13-12(14,15)9-3-1-8(2-4-9)10(18)7-17-6-5-11(16)19/h1-4,10,17-18H,5-7H2,(H2,16,19). The number of benzene rings is 1. The zero-order chi connectivity index (χ0) is 14.5. The second kappa shape index (κ2) is 6.53. The van der Waals surface area contributed by atoms with Gasteiger partial charge in [0, 0.05) is 19.5 Å². The van der Waals surface area contributed by atoms with E-state index in [9.17, 15) is 23.1 Å². The maximum absolute atomic E-state index is 12.3. The van der Waals surface area contributed by atoms with Crippen LogP contribution in [0.1, 0.15) is 23.7 Å². The summed E-state index contributed by atoms with van der Waals surface area (Å²) in [5.41, 5.74) is 4.55. The SMILES string of the molecule is NC(=O)CCNCC(O)c1ccc(C(F)(F)F)cc1. The van der Waals surface area contributed by atoms with Crippen molar-refractivity contribution in [2.24, 2.45) is 5.73 Å². The molecule has 0 fully saturated rings. The minimum absolute atomic E-state index is 0.138. The lowest BCUT2D eigenvalue weighted by molar-refractivity contribution is -0.137. The second-order valence-corrected chi connectivity index (χ2v) is 4.06. The van der Waals surface area contributed by atoms with Crippen LogP contribution in [-0.4, -0.2) is 24.1 Å². The molecule has 0 aliphatic heterocycles. The van der Waals surface area contributed by atoms with Gasteiger partial charge in [0.1, 0.15) is 0 Å². The van der Waals surface area contributed by atoms with Crippen molar-refractivity contribution in [1.29, 1.82) is 0 Å². The number of aliphatic hydroxyl groups excluding tert-OH is 1. The highest BCUT2D eigenvalue weighted by Gasteiger charge is 2.30. The van der Waals surface area contributed by atoms with E-state index >= 15 is 0 Å². The topological polar surface area (TPSA) is 75.4 Å². The first kappa shape index (κ1) is 15.5. The van der Waals surface area contributed by atoms with E-state index < -0.39 is 23.8 Å². The number of primary amides is 1. The minimum Gasteiger partial charge on any atom is -0.387 e. The van der Waals surface area contributed by atoms with Crippen molar-refractivity contribution in [3.8, 4) is 0 Å². The zero-order valence-corrected chi connectivity index (χ0v) is 10.1. The summed E-state index contributed by atoms with van der Waals surface area (Å²) in [5, 5.41) is 12.5. The van der Waals surface area contributed by atoms with E-state index in [0.29, 0.717) is 12.1 Å². The number of alkyl halides is 3. The normalized spacial score (nSPS) is 13.3. The second-order valence-electron chi connectivity index (χ2n) is 4.06. The van der Waals surface area contributed by atoms with Gasteiger partial charge in [-0.1, -0.05) is 12.1 Å². The van der Waals surface area contributed by atoms with Crippen molar-refractivity contribution in [1.82, 2.24) is 5.32 Å². The smallest absolute Gasteiger partial charge is 0.387 e. The molecule has 4 N–H and O–H groups in total. The number of hydrogen-bond acceptors (Lipinski definition) is 3. The lowest BCUT2D eigenvalue weighted by Crippen LogP contribution is -2.26. The minimum atomic E-state index is -4.39. The molecule has 106 valence electrons. The number of aliphatic hydroxyl groups is 1. The van der Waals surface area contributed by atoms with Crippen LogP contribution in [0.3, 0.4) is 0 Å². The van der Waals surface area contributed by atoms with Crippen LogP contribution < -0.4 is 11.1 Å². The predicted octanol–water partition coefficient (Wildman–Crippen LogP) is 1.20. The molecule has 7 heteroatoms. The molecule has 0 saturated heterocycles. The molecule has 0 spiro atoms. The van der Waals surface area contributed by atoms with E-state index in [1.165, 1.54) is 12.1 Å². The van der Waals surface area contributed by atoms with Crippen LogP contribution in [0.2, 0.25) is 0 Å². The highest BCUT2D eigenvalue weighted by Crippen LogP contribution is 2.29. The molecular formula is C12H15F3N2O2. The molecule has 1 rings (SSSR count). The summed E-state index contributed by atoms with van der Waals surface area (Å²) in [7, 11) is 0. The van der Waals surface area contributed by atoms with Gasteiger partial charge >= 0.3 is 6.18 Å². The van der Waals surface area contributed by atoms with Crippen LogP contribution in [0.25, 0.3) is 0 Å². The number of halogens is 3. The summed E-state index contributed by atoms with van der Waals surface area (Å²) in [6, 6.07) is 4.29. The molecule has 0 aliphatic rings. The average Bonchev–Trinajstić information content (AvgIpc) is 2.33. The lowest BCUT2D eigenvalue weighted by Gasteiger charge is -2.13. The summed E-state index contributed by atoms with van der Waals surface area (Å²) in [5.74, 6) is -0.462. The fourth-order valence-electron chi connectivity index (χ4n) is 1.46. The molecule has 0 aliphatic carbocycles. The molecule has 0 heterocycles. The first-order chi connectivity index (χ1) is 8.80. The Bertz CT molecular complexity index is 418. The molecule has 1 aromatic rings. The maximum Gasteiger partial charge on any atom is 0.416 e. The van der Waals surface area contributed by atoms with Crippen molar-refractivity contribution < 1.29 is 23.1 Å². The summed E-state index contributed by atoms with van der Waals surface area (Å²) < 4.78 is 37.0. The third kappa shape index (κ3) is 5.27. The van der Waals surface area contributed by atoms with Crippen molar-refractivity contribution in [2.45, 2.75) is 18.7 Å². The van der Waals surface area contributed by atoms with Gasteiger partial charge in [-0.05, 0) is 17.7 Å². The first-order valence-corrected chi connectivity index (χ1v) is 5.65. The predicted molar refractivity (Wildman–Crippen MR) is 63.1 cm³/mol. The fraction of sp³-hybridized carbons (Fsp3) is 0.417. The Kier molecular flexibility index (Phi) is 5.31. The molecule has 4 nitrogen and oxygen atoms in total. The van der Waals surface area contributed by atoms with Gasteiger partial charge in [-0.15, -0.1) is 0 Å². The Balaban J connectivity index is 2.49. The van der Waals surface area contributed by atoms with Gasteiger partial charge in [0.25, 0.3) is 0 Å². The molecule has 1 atom stereocenters. The molecule has 0 bridgehead atoms. The van der Waals surface area contributed by atoms with Gasteiger partial charge in [-0.3, -0.25) is 4.79 Å². The van der Waals surface area contributed by atoms with Crippen LogP contribution >= 0.6 is 0 Å². The van der Waals surface area contributed by atoms with E-state index in [0.717, 1.165) is 12.1 Å². The van der Waals surface area contributed by atoms with Crippen LogP contribution in [0.4, 0.5) is 13.2 Å². The Labute approximate surface area is 108 Å². The van der Waals surface area contributed by atoms with Gasteiger partial charge in [0.2, 0.25) is 5.91 Å². The van der Waals surface area contributed by atoms with E-state index in [-0.39, 0.29) is 13.0 Å². The Morgan fingerprint density at radius 1 is 1.32 bits per heavy atom. The largest absolute Gasteiger partial charge is 0.416 e. The number of carbonyl (C=O) groups excluding carboxylic acids is 1. The Morgan fingerprint density at radius 3 is 2.37 bits per heavy atom. The summed E-state index contributed by atoms with van der Waals surface area (Å²) >= 11 is 0. The monoisotopic (exact) mass is 276 g/mol. The average molecular weight is 276 g/mol. The number of nitrogens with one attached hydrogen (secondary N) is 1. The molecule has 1 amide bonds. The van der Waals surface area contributed by atoms with Crippen molar-refractivity contribution in [3.63, 3.8) is 0 Å². The lowest BCUT2D eigenvalue weighted by atomic mass is 10.1. The molecule has 19 heavy (non-hydrogen) atoms. The first-order valence-electron chi connectivity index (χ1n) is 5.65. The van der Waals surface area contributed by atoms with Gasteiger partial charge in [-0.2, -0.15) is 13.2 Å². The summed E-state index contributed by atoms with van der Waals surface area (Å²) in [4.78, 5) is 10.5. The molecular weight excluding hydrogens is 261 g/mol. The van der Waals surface area contributed by atoms with Crippen LogP contribution in [0.15, 0.2) is 24.3 Å². The van der Waals surface area contributed by atoms with Gasteiger partial charge in [0.05, 0.1) is 11.7 Å². The number of nitrogens with two attached hydrogens (primary N) is 1. The Hall–Kier alpha value is -1.60. The van der Waals surface area contributed by atoms with E-state index in [1.807, 2.05) is 0 Å². The van der Waals surface area contributed by atoms with Crippen LogP contribution in [-0.2, 0) is 11.0 Å².